The molecule has 1 amide bonds. The standard InChI is InChI=1S/C11H22N2O3/c1-8(6-5-7-12)9(14)13-11(2,3)10(15)16-4/h8H,5-7,12H2,1-4H3,(H,13,14). The minimum atomic E-state index is -0.983. The predicted octanol–water partition coefficient (Wildman–Crippen LogP) is 0.429. The van der Waals surface area contributed by atoms with Gasteiger partial charge in [-0.15, -0.1) is 0 Å². The van der Waals surface area contributed by atoms with E-state index in [1.807, 2.05) is 6.92 Å². The van der Waals surface area contributed by atoms with Gasteiger partial charge in [0.25, 0.3) is 0 Å². The Balaban J connectivity index is 4.27. The van der Waals surface area contributed by atoms with Gasteiger partial charge in [0.2, 0.25) is 5.91 Å². The van der Waals surface area contributed by atoms with Crippen molar-refractivity contribution in [1.29, 1.82) is 0 Å². The van der Waals surface area contributed by atoms with E-state index in [4.69, 9.17) is 5.73 Å². The van der Waals surface area contributed by atoms with Crippen LogP contribution in [0.4, 0.5) is 0 Å². The van der Waals surface area contributed by atoms with E-state index < -0.39 is 11.5 Å². The Morgan fingerprint density at radius 2 is 2.00 bits per heavy atom. The molecule has 1 unspecified atom stereocenters. The smallest absolute Gasteiger partial charge is 0.330 e. The number of esters is 1. The number of methoxy groups -OCH3 is 1. The fourth-order valence-corrected chi connectivity index (χ4v) is 1.29. The lowest BCUT2D eigenvalue weighted by Crippen LogP contribution is -2.51. The molecule has 0 radical (unpaired) electrons. The van der Waals surface area contributed by atoms with Crippen molar-refractivity contribution in [3.63, 3.8) is 0 Å². The molecule has 94 valence electrons. The molecule has 0 saturated heterocycles. The van der Waals surface area contributed by atoms with E-state index in [0.29, 0.717) is 6.54 Å². The highest BCUT2D eigenvalue weighted by atomic mass is 16.5. The first-order chi connectivity index (χ1) is 7.35. The SMILES string of the molecule is COC(=O)C(C)(C)NC(=O)C(C)CCCN. The highest BCUT2D eigenvalue weighted by Gasteiger charge is 2.31. The number of hydrogen-bond acceptors (Lipinski definition) is 4. The summed E-state index contributed by atoms with van der Waals surface area (Å²) in [6, 6.07) is 0. The molecule has 5 heteroatoms. The van der Waals surface area contributed by atoms with E-state index in [0.717, 1.165) is 12.8 Å². The van der Waals surface area contributed by atoms with Crippen LogP contribution in [0.1, 0.15) is 33.6 Å². The molecule has 0 aromatic rings. The lowest BCUT2D eigenvalue weighted by Gasteiger charge is -2.25. The highest BCUT2D eigenvalue weighted by molar-refractivity contribution is 5.88. The Hall–Kier alpha value is -1.10. The Bertz CT molecular complexity index is 252. The van der Waals surface area contributed by atoms with Crippen LogP contribution < -0.4 is 11.1 Å². The molecule has 5 nitrogen and oxygen atoms in total. The van der Waals surface area contributed by atoms with Gasteiger partial charge in [-0.3, -0.25) is 4.79 Å². The third-order valence-corrected chi connectivity index (χ3v) is 2.42. The monoisotopic (exact) mass is 230 g/mol. The number of nitrogens with one attached hydrogen (secondary N) is 1. The Labute approximate surface area is 96.7 Å². The van der Waals surface area contributed by atoms with Gasteiger partial charge in [0.15, 0.2) is 0 Å². The van der Waals surface area contributed by atoms with E-state index >= 15 is 0 Å². The van der Waals surface area contributed by atoms with Crippen molar-refractivity contribution in [2.24, 2.45) is 11.7 Å². The van der Waals surface area contributed by atoms with Crippen LogP contribution in [0.2, 0.25) is 0 Å². The van der Waals surface area contributed by atoms with Gasteiger partial charge in [-0.25, -0.2) is 4.79 Å². The molecule has 0 aromatic heterocycles. The summed E-state index contributed by atoms with van der Waals surface area (Å²) >= 11 is 0. The average molecular weight is 230 g/mol. The molecular weight excluding hydrogens is 208 g/mol. The van der Waals surface area contributed by atoms with Gasteiger partial charge in [-0.2, -0.15) is 0 Å². The maximum atomic E-state index is 11.7. The summed E-state index contributed by atoms with van der Waals surface area (Å²) in [5, 5.41) is 2.66. The summed E-state index contributed by atoms with van der Waals surface area (Å²) in [6.45, 7) is 5.62. The van der Waals surface area contributed by atoms with Crippen molar-refractivity contribution < 1.29 is 14.3 Å². The number of carbonyl (C=O) groups excluding carboxylic acids is 2. The maximum Gasteiger partial charge on any atom is 0.330 e. The van der Waals surface area contributed by atoms with Crippen LogP contribution in [-0.2, 0) is 14.3 Å². The number of rotatable bonds is 6. The zero-order valence-electron chi connectivity index (χ0n) is 10.5. The van der Waals surface area contributed by atoms with Crippen LogP contribution in [0, 0.1) is 5.92 Å². The topological polar surface area (TPSA) is 81.4 Å². The first kappa shape index (κ1) is 14.9. The van der Waals surface area contributed by atoms with E-state index in [2.05, 4.69) is 10.1 Å². The lowest BCUT2D eigenvalue weighted by atomic mass is 10.0. The molecule has 0 saturated carbocycles. The Morgan fingerprint density at radius 1 is 1.44 bits per heavy atom. The molecule has 1 atom stereocenters. The second kappa shape index (κ2) is 6.48. The van der Waals surface area contributed by atoms with Crippen LogP contribution >= 0.6 is 0 Å². The first-order valence-corrected chi connectivity index (χ1v) is 5.45. The van der Waals surface area contributed by atoms with Gasteiger partial charge < -0.3 is 15.8 Å². The Morgan fingerprint density at radius 3 is 2.44 bits per heavy atom. The summed E-state index contributed by atoms with van der Waals surface area (Å²) in [5.41, 5.74) is 4.38. The number of nitrogens with two attached hydrogens (primary N) is 1. The minimum Gasteiger partial charge on any atom is -0.467 e. The third kappa shape index (κ3) is 4.61. The summed E-state index contributed by atoms with van der Waals surface area (Å²) in [6.07, 6.45) is 1.52. The number of amides is 1. The van der Waals surface area contributed by atoms with Crippen LogP contribution in [0.5, 0.6) is 0 Å². The molecule has 0 aromatic carbocycles. The first-order valence-electron chi connectivity index (χ1n) is 5.45. The molecular formula is C11H22N2O3. The zero-order chi connectivity index (χ0) is 12.8. The molecule has 0 aliphatic rings. The van der Waals surface area contributed by atoms with Crippen molar-refractivity contribution >= 4 is 11.9 Å². The van der Waals surface area contributed by atoms with E-state index in [1.165, 1.54) is 7.11 Å². The van der Waals surface area contributed by atoms with Crippen LogP contribution in [-0.4, -0.2) is 31.1 Å². The normalized spacial score (nSPS) is 13.1. The van der Waals surface area contributed by atoms with Crippen molar-refractivity contribution in [2.45, 2.75) is 39.2 Å². The molecule has 0 bridgehead atoms. The molecule has 0 aliphatic carbocycles. The maximum absolute atomic E-state index is 11.7. The summed E-state index contributed by atoms with van der Waals surface area (Å²) in [4.78, 5) is 23.1. The predicted molar refractivity (Wildman–Crippen MR) is 61.7 cm³/mol. The summed E-state index contributed by atoms with van der Waals surface area (Å²) in [7, 11) is 1.30. The van der Waals surface area contributed by atoms with Gasteiger partial charge in [-0.1, -0.05) is 6.92 Å². The second-order valence-corrected chi connectivity index (χ2v) is 4.44. The zero-order valence-corrected chi connectivity index (χ0v) is 10.5. The molecule has 3 N–H and O–H groups in total. The average Bonchev–Trinajstić information content (AvgIpc) is 2.23. The highest BCUT2D eigenvalue weighted by Crippen LogP contribution is 2.10. The van der Waals surface area contributed by atoms with E-state index in [1.54, 1.807) is 13.8 Å². The van der Waals surface area contributed by atoms with E-state index in [9.17, 15) is 9.59 Å². The molecule has 0 rings (SSSR count). The van der Waals surface area contributed by atoms with E-state index in [-0.39, 0.29) is 11.8 Å². The summed E-state index contributed by atoms with van der Waals surface area (Å²) in [5.74, 6) is -0.747. The van der Waals surface area contributed by atoms with Crippen LogP contribution in [0.3, 0.4) is 0 Å². The van der Waals surface area contributed by atoms with Crippen molar-refractivity contribution in [1.82, 2.24) is 5.32 Å². The number of ether oxygens (including phenoxy) is 1. The molecule has 16 heavy (non-hydrogen) atoms. The molecule has 0 fully saturated rings. The van der Waals surface area contributed by atoms with Crippen molar-refractivity contribution in [2.75, 3.05) is 13.7 Å². The van der Waals surface area contributed by atoms with Gasteiger partial charge >= 0.3 is 5.97 Å². The van der Waals surface area contributed by atoms with Crippen molar-refractivity contribution in [3.8, 4) is 0 Å². The summed E-state index contributed by atoms with van der Waals surface area (Å²) < 4.78 is 4.60. The quantitative estimate of drug-likeness (QED) is 0.648. The van der Waals surface area contributed by atoms with Gasteiger partial charge in [0.05, 0.1) is 7.11 Å². The minimum absolute atomic E-state index is 0.146. The molecule has 0 spiro atoms. The van der Waals surface area contributed by atoms with Gasteiger partial charge in [0, 0.05) is 5.92 Å². The largest absolute Gasteiger partial charge is 0.467 e. The fourth-order valence-electron chi connectivity index (χ4n) is 1.29. The van der Waals surface area contributed by atoms with Crippen LogP contribution in [0.25, 0.3) is 0 Å². The number of hydrogen-bond donors (Lipinski definition) is 2. The second-order valence-electron chi connectivity index (χ2n) is 4.44. The lowest BCUT2D eigenvalue weighted by molar-refractivity contribution is -0.149. The van der Waals surface area contributed by atoms with Gasteiger partial charge in [0.1, 0.15) is 5.54 Å². The molecule has 0 heterocycles. The fraction of sp³-hybridized carbons (Fsp3) is 0.818. The Kier molecular flexibility index (Phi) is 6.03. The van der Waals surface area contributed by atoms with Crippen molar-refractivity contribution in [3.05, 3.63) is 0 Å². The number of carbonyl (C=O) groups is 2. The third-order valence-electron chi connectivity index (χ3n) is 2.42. The molecule has 0 aliphatic heterocycles. The van der Waals surface area contributed by atoms with Gasteiger partial charge in [-0.05, 0) is 33.2 Å². The van der Waals surface area contributed by atoms with Crippen LogP contribution in [0.15, 0.2) is 0 Å².